The summed E-state index contributed by atoms with van der Waals surface area (Å²) in [5.74, 6) is 0.949. The lowest BCUT2D eigenvalue weighted by Crippen LogP contribution is -2.36. The average Bonchev–Trinajstić information content (AvgIpc) is 2.63. The summed E-state index contributed by atoms with van der Waals surface area (Å²) >= 11 is 0. The zero-order chi connectivity index (χ0) is 18.9. The lowest BCUT2D eigenvalue weighted by atomic mass is 9.96. The maximum absolute atomic E-state index is 12.5. The van der Waals surface area contributed by atoms with Crippen molar-refractivity contribution < 1.29 is 9.53 Å². The smallest absolute Gasteiger partial charge is 0.267 e. The van der Waals surface area contributed by atoms with Crippen LogP contribution in [0.5, 0.6) is 5.75 Å². The summed E-state index contributed by atoms with van der Waals surface area (Å²) in [6.45, 7) is 9.46. The quantitative estimate of drug-likeness (QED) is 0.578. The first-order valence-corrected chi connectivity index (χ1v) is 9.82. The van der Waals surface area contributed by atoms with E-state index in [-0.39, 0.29) is 5.91 Å². The van der Waals surface area contributed by atoms with Crippen molar-refractivity contribution in [2.24, 2.45) is 4.99 Å². The summed E-state index contributed by atoms with van der Waals surface area (Å²) in [4.78, 5) is 18.7. The van der Waals surface area contributed by atoms with Crippen molar-refractivity contribution in [1.29, 1.82) is 0 Å². The Morgan fingerprint density at radius 3 is 2.46 bits per heavy atom. The van der Waals surface area contributed by atoms with Crippen molar-refractivity contribution in [1.82, 2.24) is 4.90 Å². The van der Waals surface area contributed by atoms with Crippen molar-refractivity contribution in [3.8, 4) is 5.75 Å². The number of benzene rings is 1. The van der Waals surface area contributed by atoms with Crippen LogP contribution < -0.4 is 4.74 Å². The highest BCUT2D eigenvalue weighted by atomic mass is 16.5. The minimum Gasteiger partial charge on any atom is -0.490 e. The highest BCUT2D eigenvalue weighted by molar-refractivity contribution is 6.38. The third-order valence-electron chi connectivity index (χ3n) is 4.88. The topological polar surface area (TPSA) is 41.9 Å². The number of ether oxygens (including phenoxy) is 1. The Morgan fingerprint density at radius 2 is 1.92 bits per heavy atom. The molecule has 0 atom stereocenters. The second-order valence-corrected chi connectivity index (χ2v) is 6.96. The van der Waals surface area contributed by atoms with Crippen molar-refractivity contribution in [3.63, 3.8) is 0 Å². The molecular formula is C22H32N2O2. The van der Waals surface area contributed by atoms with Gasteiger partial charge in [0.2, 0.25) is 0 Å². The van der Waals surface area contributed by atoms with Crippen LogP contribution in [-0.4, -0.2) is 35.7 Å². The van der Waals surface area contributed by atoms with Crippen LogP contribution in [-0.2, 0) is 4.79 Å². The lowest BCUT2D eigenvalue weighted by molar-refractivity contribution is -0.124. The van der Waals surface area contributed by atoms with E-state index in [4.69, 9.17) is 4.74 Å². The Labute approximate surface area is 158 Å². The molecular weight excluding hydrogens is 324 g/mol. The first-order chi connectivity index (χ1) is 12.5. The van der Waals surface area contributed by atoms with Gasteiger partial charge in [-0.25, -0.2) is 0 Å². The summed E-state index contributed by atoms with van der Waals surface area (Å²) in [5, 5.41) is 0. The molecule has 4 nitrogen and oxygen atoms in total. The van der Waals surface area contributed by atoms with Gasteiger partial charge in [-0.1, -0.05) is 25.5 Å². The van der Waals surface area contributed by atoms with E-state index >= 15 is 0 Å². The maximum Gasteiger partial charge on any atom is 0.267 e. The van der Waals surface area contributed by atoms with Gasteiger partial charge in [-0.3, -0.25) is 9.79 Å². The molecule has 1 aliphatic rings. The minimum absolute atomic E-state index is 0.0225. The molecule has 0 radical (unpaired) electrons. The maximum atomic E-state index is 12.5. The van der Waals surface area contributed by atoms with E-state index in [1.807, 2.05) is 43.0 Å². The summed E-state index contributed by atoms with van der Waals surface area (Å²) in [6, 6.07) is 8.12. The molecule has 0 heterocycles. The molecule has 0 N–H and O–H groups in total. The molecule has 26 heavy (non-hydrogen) atoms. The van der Waals surface area contributed by atoms with Crippen LogP contribution in [0.2, 0.25) is 0 Å². The van der Waals surface area contributed by atoms with Gasteiger partial charge in [0.25, 0.3) is 5.91 Å². The van der Waals surface area contributed by atoms with Crippen LogP contribution in [0.4, 0.5) is 0 Å². The van der Waals surface area contributed by atoms with Gasteiger partial charge in [0.05, 0.1) is 6.10 Å². The summed E-state index contributed by atoms with van der Waals surface area (Å²) in [7, 11) is 0. The molecule has 0 unspecified atom stereocenters. The minimum atomic E-state index is 0.0225. The molecule has 1 amide bonds. The highest BCUT2D eigenvalue weighted by Crippen LogP contribution is 2.26. The van der Waals surface area contributed by atoms with Crippen LogP contribution in [0.1, 0.15) is 65.4 Å². The molecule has 1 saturated carbocycles. The van der Waals surface area contributed by atoms with E-state index in [2.05, 4.69) is 11.9 Å². The Kier molecular flexibility index (Phi) is 7.89. The van der Waals surface area contributed by atoms with E-state index in [1.165, 1.54) is 6.42 Å². The molecule has 0 bridgehead atoms. The van der Waals surface area contributed by atoms with Crippen molar-refractivity contribution in [2.45, 2.75) is 65.9 Å². The van der Waals surface area contributed by atoms with Crippen molar-refractivity contribution >= 4 is 17.2 Å². The monoisotopic (exact) mass is 356 g/mol. The normalized spacial score (nSPS) is 15.5. The zero-order valence-electron chi connectivity index (χ0n) is 16.6. The third-order valence-corrected chi connectivity index (χ3v) is 4.88. The SMILES string of the molecule is CCCCN(CC)C(=O)C(C)=N/C=C(\C)c1ccc(OC2CCC2)cc1. The Hall–Kier alpha value is -2.10. The Bertz CT molecular complexity index is 643. The van der Waals surface area contributed by atoms with Gasteiger partial charge in [-0.2, -0.15) is 0 Å². The van der Waals surface area contributed by atoms with Gasteiger partial charge >= 0.3 is 0 Å². The molecule has 1 aromatic rings. The van der Waals surface area contributed by atoms with E-state index in [0.29, 0.717) is 11.8 Å². The summed E-state index contributed by atoms with van der Waals surface area (Å²) in [5.41, 5.74) is 2.66. The van der Waals surface area contributed by atoms with Gasteiger partial charge in [0.1, 0.15) is 11.5 Å². The van der Waals surface area contributed by atoms with Gasteiger partial charge in [0, 0.05) is 19.3 Å². The van der Waals surface area contributed by atoms with Gasteiger partial charge in [-0.05, 0) is 69.7 Å². The van der Waals surface area contributed by atoms with E-state index < -0.39 is 0 Å². The zero-order valence-corrected chi connectivity index (χ0v) is 16.6. The number of nitrogens with zero attached hydrogens (tertiary/aromatic N) is 2. The molecule has 2 rings (SSSR count). The molecule has 0 spiro atoms. The average molecular weight is 357 g/mol. The molecule has 1 fully saturated rings. The van der Waals surface area contributed by atoms with E-state index in [1.54, 1.807) is 13.1 Å². The Balaban J connectivity index is 1.98. The van der Waals surface area contributed by atoms with Gasteiger partial charge in [-0.15, -0.1) is 0 Å². The number of allylic oxidation sites excluding steroid dienone is 1. The predicted molar refractivity (Wildman–Crippen MR) is 109 cm³/mol. The largest absolute Gasteiger partial charge is 0.490 e. The fraction of sp³-hybridized carbons (Fsp3) is 0.545. The molecule has 0 aromatic heterocycles. The number of hydrogen-bond donors (Lipinski definition) is 0. The van der Waals surface area contributed by atoms with Crippen LogP contribution in [0.15, 0.2) is 35.5 Å². The number of hydrogen-bond acceptors (Lipinski definition) is 3. The molecule has 4 heteroatoms. The molecule has 1 aliphatic carbocycles. The first-order valence-electron chi connectivity index (χ1n) is 9.82. The van der Waals surface area contributed by atoms with Crippen LogP contribution in [0.3, 0.4) is 0 Å². The number of rotatable bonds is 9. The van der Waals surface area contributed by atoms with Crippen LogP contribution in [0.25, 0.3) is 5.57 Å². The first kappa shape index (κ1) is 20.2. The predicted octanol–water partition coefficient (Wildman–Crippen LogP) is 5.09. The van der Waals surface area contributed by atoms with Crippen LogP contribution >= 0.6 is 0 Å². The van der Waals surface area contributed by atoms with E-state index in [9.17, 15) is 4.79 Å². The molecule has 142 valence electrons. The number of amides is 1. The standard InChI is InChI=1S/C22H32N2O2/c1-5-7-15-24(6-2)22(25)18(4)23-16-17(3)19-11-13-21(14-12-19)26-20-9-8-10-20/h11-14,16,20H,5-10,15H2,1-4H3/b17-16+,23-18?. The number of carbonyl (C=O) groups is 1. The van der Waals surface area contributed by atoms with Gasteiger partial charge < -0.3 is 9.64 Å². The molecule has 0 saturated heterocycles. The second-order valence-electron chi connectivity index (χ2n) is 6.96. The summed E-state index contributed by atoms with van der Waals surface area (Å²) in [6.07, 6.45) is 7.88. The number of unbranched alkanes of at least 4 members (excludes halogenated alkanes) is 1. The fourth-order valence-corrected chi connectivity index (χ4v) is 2.78. The molecule has 1 aromatic carbocycles. The Morgan fingerprint density at radius 1 is 1.23 bits per heavy atom. The van der Waals surface area contributed by atoms with Crippen molar-refractivity contribution in [3.05, 3.63) is 36.0 Å². The van der Waals surface area contributed by atoms with Crippen LogP contribution in [0, 0.1) is 0 Å². The van der Waals surface area contributed by atoms with Crippen molar-refractivity contribution in [2.75, 3.05) is 13.1 Å². The highest BCUT2D eigenvalue weighted by Gasteiger charge is 2.18. The number of aliphatic imine (C=N–C) groups is 1. The fourth-order valence-electron chi connectivity index (χ4n) is 2.78. The summed E-state index contributed by atoms with van der Waals surface area (Å²) < 4.78 is 5.89. The van der Waals surface area contributed by atoms with E-state index in [0.717, 1.165) is 55.7 Å². The van der Waals surface area contributed by atoms with Gasteiger partial charge in [0.15, 0.2) is 0 Å². The lowest BCUT2D eigenvalue weighted by Gasteiger charge is -2.26. The second kappa shape index (κ2) is 10.1. The number of carbonyl (C=O) groups excluding carboxylic acids is 1. The third kappa shape index (κ3) is 5.72. The molecule has 0 aliphatic heterocycles.